The van der Waals surface area contributed by atoms with Gasteiger partial charge >= 0.3 is 0 Å². The summed E-state index contributed by atoms with van der Waals surface area (Å²) >= 11 is 0. The van der Waals surface area contributed by atoms with Crippen LogP contribution in [0.25, 0.3) is 22.5 Å². The molecule has 4 heteroatoms. The second-order valence-electron chi connectivity index (χ2n) is 6.90. The molecule has 30 heavy (non-hydrogen) atoms. The molecule has 0 saturated heterocycles. The number of hydrogen-bond acceptors (Lipinski definition) is 3. The number of benzene rings is 3. The highest BCUT2D eigenvalue weighted by Crippen LogP contribution is 2.28. The van der Waals surface area contributed by atoms with Crippen molar-refractivity contribution >= 4 is 0 Å². The van der Waals surface area contributed by atoms with Crippen LogP contribution in [0.4, 0.5) is 0 Å². The van der Waals surface area contributed by atoms with Gasteiger partial charge < -0.3 is 9.72 Å². The zero-order chi connectivity index (χ0) is 20.9. The van der Waals surface area contributed by atoms with Crippen LogP contribution in [0, 0.1) is 11.3 Å². The molecule has 0 radical (unpaired) electrons. The second-order valence-corrected chi connectivity index (χ2v) is 6.90. The van der Waals surface area contributed by atoms with Crippen LogP contribution in [0.1, 0.15) is 18.1 Å². The number of rotatable bonds is 5. The highest BCUT2D eigenvalue weighted by atomic mass is 16.5. The number of nitriles is 1. The van der Waals surface area contributed by atoms with Gasteiger partial charge in [-0.25, -0.2) is 0 Å². The Labute approximate surface area is 175 Å². The largest absolute Gasteiger partial charge is 0.457 e. The highest BCUT2D eigenvalue weighted by molar-refractivity contribution is 5.71. The highest BCUT2D eigenvalue weighted by Gasteiger charge is 2.13. The molecule has 0 bridgehead atoms. The van der Waals surface area contributed by atoms with Gasteiger partial charge in [0.2, 0.25) is 5.43 Å². The lowest BCUT2D eigenvalue weighted by Gasteiger charge is -2.11. The molecule has 0 fully saturated rings. The topological polar surface area (TPSA) is 65.9 Å². The van der Waals surface area contributed by atoms with Crippen molar-refractivity contribution in [1.29, 1.82) is 5.26 Å². The van der Waals surface area contributed by atoms with E-state index in [0.717, 1.165) is 23.3 Å². The predicted octanol–water partition coefficient (Wildman–Crippen LogP) is 5.94. The number of nitrogens with zero attached hydrogens (tertiary/aromatic N) is 1. The first-order chi connectivity index (χ1) is 14.7. The van der Waals surface area contributed by atoms with Crippen molar-refractivity contribution in [2.75, 3.05) is 0 Å². The molecule has 1 aromatic heterocycles. The molecule has 1 heterocycles. The van der Waals surface area contributed by atoms with Crippen molar-refractivity contribution in [2.24, 2.45) is 0 Å². The summed E-state index contributed by atoms with van der Waals surface area (Å²) in [5, 5.41) is 9.56. The minimum atomic E-state index is -0.298. The van der Waals surface area contributed by atoms with E-state index in [-0.39, 0.29) is 11.0 Å². The first-order valence-corrected chi connectivity index (χ1v) is 9.78. The van der Waals surface area contributed by atoms with Crippen molar-refractivity contribution in [3.63, 3.8) is 0 Å². The fourth-order valence-electron chi connectivity index (χ4n) is 3.32. The summed E-state index contributed by atoms with van der Waals surface area (Å²) < 4.78 is 5.83. The van der Waals surface area contributed by atoms with Crippen LogP contribution >= 0.6 is 0 Å². The van der Waals surface area contributed by atoms with E-state index in [4.69, 9.17) is 4.74 Å². The summed E-state index contributed by atoms with van der Waals surface area (Å²) in [4.78, 5) is 15.9. The number of aromatic amines is 1. The van der Waals surface area contributed by atoms with Crippen LogP contribution in [0.5, 0.6) is 11.5 Å². The van der Waals surface area contributed by atoms with Crippen molar-refractivity contribution in [1.82, 2.24) is 4.98 Å². The minimum absolute atomic E-state index is 0.0992. The van der Waals surface area contributed by atoms with E-state index in [9.17, 15) is 10.1 Å². The molecule has 0 aliphatic heterocycles. The predicted molar refractivity (Wildman–Crippen MR) is 119 cm³/mol. The third-order valence-electron chi connectivity index (χ3n) is 4.91. The maximum Gasteiger partial charge on any atom is 0.200 e. The minimum Gasteiger partial charge on any atom is -0.457 e. The molecule has 0 spiro atoms. The quantitative estimate of drug-likeness (QED) is 0.457. The molecule has 0 aliphatic carbocycles. The summed E-state index contributed by atoms with van der Waals surface area (Å²) in [6, 6.07) is 28.4. The summed E-state index contributed by atoms with van der Waals surface area (Å²) in [7, 11) is 0. The van der Waals surface area contributed by atoms with Gasteiger partial charge in [0.15, 0.2) is 0 Å². The first kappa shape index (κ1) is 19.2. The molecule has 4 aromatic rings. The van der Waals surface area contributed by atoms with Gasteiger partial charge in [-0.15, -0.1) is 0 Å². The number of nitrogens with one attached hydrogen (secondary N) is 1. The van der Waals surface area contributed by atoms with E-state index in [1.807, 2.05) is 72.8 Å². The van der Waals surface area contributed by atoms with E-state index in [1.54, 1.807) is 0 Å². The second kappa shape index (κ2) is 8.50. The van der Waals surface area contributed by atoms with Gasteiger partial charge in [0.05, 0.1) is 5.69 Å². The Morgan fingerprint density at radius 2 is 1.60 bits per heavy atom. The molecule has 1 N–H and O–H groups in total. The third kappa shape index (κ3) is 4.01. The summed E-state index contributed by atoms with van der Waals surface area (Å²) in [5.74, 6) is 1.42. The molecule has 0 saturated carbocycles. The van der Waals surface area contributed by atoms with Crippen LogP contribution in [0.2, 0.25) is 0 Å². The molecule has 4 rings (SSSR count). The lowest BCUT2D eigenvalue weighted by atomic mass is 10.0. The smallest absolute Gasteiger partial charge is 0.200 e. The first-order valence-electron chi connectivity index (χ1n) is 9.78. The molecular formula is C26H20N2O2. The average molecular weight is 392 g/mol. The number of ether oxygens (including phenoxy) is 1. The maximum absolute atomic E-state index is 12.6. The monoisotopic (exact) mass is 392 g/mol. The van der Waals surface area contributed by atoms with Gasteiger partial charge in [-0.2, -0.15) is 5.26 Å². The van der Waals surface area contributed by atoms with Crippen molar-refractivity contribution in [3.8, 4) is 40.1 Å². The van der Waals surface area contributed by atoms with Gasteiger partial charge in [-0.1, -0.05) is 43.3 Å². The SMILES string of the molecule is CCc1cccc(-c2cc(=O)c(C#N)c(-c3ccc(Oc4ccccc4)cc3)[nH]2)c1. The molecule has 0 aliphatic rings. The summed E-state index contributed by atoms with van der Waals surface area (Å²) in [6.07, 6.45) is 0.907. The Balaban J connectivity index is 1.73. The number of aromatic nitrogens is 1. The molecule has 3 aromatic carbocycles. The fraction of sp³-hybridized carbons (Fsp3) is 0.0769. The van der Waals surface area contributed by atoms with E-state index in [1.165, 1.54) is 11.6 Å². The lowest BCUT2D eigenvalue weighted by molar-refractivity contribution is 0.483. The van der Waals surface area contributed by atoms with Crippen LogP contribution in [-0.2, 0) is 6.42 Å². The van der Waals surface area contributed by atoms with Crippen LogP contribution in [0.3, 0.4) is 0 Å². The molecule has 0 unspecified atom stereocenters. The van der Waals surface area contributed by atoms with Crippen LogP contribution < -0.4 is 10.2 Å². The zero-order valence-electron chi connectivity index (χ0n) is 16.6. The number of aryl methyl sites for hydroxylation is 1. The standard InChI is InChI=1S/C26H20N2O2/c1-2-18-7-6-8-20(15-18)24-16-25(29)23(17-27)26(28-24)19-11-13-22(14-12-19)30-21-9-4-3-5-10-21/h3-16H,2H2,1H3,(H,28,29). The molecule has 0 amide bonds. The number of H-pyrrole nitrogens is 1. The Kier molecular flexibility index (Phi) is 5.45. The Bertz CT molecular complexity index is 1270. The van der Waals surface area contributed by atoms with Crippen molar-refractivity contribution in [3.05, 3.63) is 106 Å². The van der Waals surface area contributed by atoms with Gasteiger partial charge in [0.1, 0.15) is 23.1 Å². The molecule has 0 atom stereocenters. The van der Waals surface area contributed by atoms with E-state index in [0.29, 0.717) is 17.1 Å². The van der Waals surface area contributed by atoms with Gasteiger partial charge in [-0.3, -0.25) is 4.79 Å². The molecule has 146 valence electrons. The van der Waals surface area contributed by atoms with Crippen LogP contribution in [0.15, 0.2) is 89.7 Å². The average Bonchev–Trinajstić information content (AvgIpc) is 2.80. The van der Waals surface area contributed by atoms with Crippen LogP contribution in [-0.4, -0.2) is 4.98 Å². The number of para-hydroxylation sites is 1. The number of pyridine rings is 1. The Hall–Kier alpha value is -4.10. The van der Waals surface area contributed by atoms with E-state index in [2.05, 4.69) is 24.0 Å². The molecule has 4 nitrogen and oxygen atoms in total. The normalized spacial score (nSPS) is 10.4. The van der Waals surface area contributed by atoms with Crippen molar-refractivity contribution < 1.29 is 4.74 Å². The number of hydrogen-bond donors (Lipinski definition) is 1. The fourth-order valence-corrected chi connectivity index (χ4v) is 3.32. The van der Waals surface area contributed by atoms with Gasteiger partial charge in [0, 0.05) is 11.8 Å². The van der Waals surface area contributed by atoms with E-state index < -0.39 is 0 Å². The third-order valence-corrected chi connectivity index (χ3v) is 4.91. The Morgan fingerprint density at radius 1 is 0.867 bits per heavy atom. The zero-order valence-corrected chi connectivity index (χ0v) is 16.6. The van der Waals surface area contributed by atoms with E-state index >= 15 is 0 Å². The lowest BCUT2D eigenvalue weighted by Crippen LogP contribution is -2.09. The van der Waals surface area contributed by atoms with Crippen molar-refractivity contribution in [2.45, 2.75) is 13.3 Å². The van der Waals surface area contributed by atoms with Gasteiger partial charge in [-0.05, 0) is 65.6 Å². The summed E-state index contributed by atoms with van der Waals surface area (Å²) in [5.41, 5.74) is 3.84. The van der Waals surface area contributed by atoms with Gasteiger partial charge in [0.25, 0.3) is 0 Å². The maximum atomic E-state index is 12.6. The Morgan fingerprint density at radius 3 is 2.30 bits per heavy atom. The molecular weight excluding hydrogens is 372 g/mol. The summed E-state index contributed by atoms with van der Waals surface area (Å²) in [6.45, 7) is 2.09.